The van der Waals surface area contributed by atoms with Gasteiger partial charge in [-0.05, 0) is 18.6 Å². The lowest BCUT2D eigenvalue weighted by Crippen LogP contribution is -2.18. The van der Waals surface area contributed by atoms with Crippen molar-refractivity contribution >= 4 is 0 Å². The Kier molecular flexibility index (Phi) is 3.26. The zero-order chi connectivity index (χ0) is 11.4. The van der Waals surface area contributed by atoms with Gasteiger partial charge in [0, 0.05) is 25.4 Å². The molecule has 2 rings (SSSR count). The van der Waals surface area contributed by atoms with Crippen LogP contribution in [0.15, 0.2) is 28.9 Å². The molecule has 84 valence electrons. The van der Waals surface area contributed by atoms with Crippen LogP contribution in [0.1, 0.15) is 30.3 Å². The van der Waals surface area contributed by atoms with Crippen molar-refractivity contribution < 1.29 is 4.42 Å². The highest BCUT2D eigenvalue weighted by Crippen LogP contribution is 2.10. The quantitative estimate of drug-likeness (QED) is 0.844. The molecule has 2 aromatic rings. The summed E-state index contributed by atoms with van der Waals surface area (Å²) in [6.45, 7) is 4.41. The van der Waals surface area contributed by atoms with Crippen molar-refractivity contribution in [3.8, 4) is 0 Å². The van der Waals surface area contributed by atoms with Crippen molar-refractivity contribution in [2.75, 3.05) is 0 Å². The largest absolute Gasteiger partial charge is 0.424 e. The van der Waals surface area contributed by atoms with Crippen LogP contribution < -0.4 is 5.32 Å². The third-order valence-electron chi connectivity index (χ3n) is 2.31. The first-order valence-electron chi connectivity index (χ1n) is 5.18. The molecule has 1 N–H and O–H groups in total. The number of aryl methyl sites for hydroxylation is 1. The highest BCUT2D eigenvalue weighted by molar-refractivity contribution is 5.12. The molecule has 0 amide bonds. The van der Waals surface area contributed by atoms with Crippen LogP contribution >= 0.6 is 0 Å². The van der Waals surface area contributed by atoms with Crippen molar-refractivity contribution in [2.24, 2.45) is 0 Å². The Balaban J connectivity index is 1.91. The van der Waals surface area contributed by atoms with E-state index in [2.05, 4.69) is 27.4 Å². The molecule has 0 aliphatic carbocycles. The van der Waals surface area contributed by atoms with E-state index >= 15 is 0 Å². The lowest BCUT2D eigenvalue weighted by molar-refractivity contribution is 0.430. The summed E-state index contributed by atoms with van der Waals surface area (Å²) in [6, 6.07) is 4.16. The number of hydrogen-bond donors (Lipinski definition) is 1. The Bertz CT molecular complexity index is 440. The minimum absolute atomic E-state index is 0.209. The lowest BCUT2D eigenvalue weighted by atomic mass is 10.1. The number of nitrogens with zero attached hydrogens (tertiary/aromatic N) is 3. The van der Waals surface area contributed by atoms with Crippen LogP contribution in [0.2, 0.25) is 0 Å². The highest BCUT2D eigenvalue weighted by Gasteiger charge is 2.07. The van der Waals surface area contributed by atoms with Gasteiger partial charge in [0.15, 0.2) is 0 Å². The average molecular weight is 218 g/mol. The monoisotopic (exact) mass is 218 g/mol. The molecule has 5 nitrogen and oxygen atoms in total. The van der Waals surface area contributed by atoms with E-state index in [0.717, 1.165) is 5.56 Å². The van der Waals surface area contributed by atoms with Gasteiger partial charge in [0.1, 0.15) is 0 Å². The number of nitrogens with one attached hydrogen (secondary N) is 1. The van der Waals surface area contributed by atoms with Crippen LogP contribution in [-0.2, 0) is 6.54 Å². The van der Waals surface area contributed by atoms with Gasteiger partial charge in [0.2, 0.25) is 11.8 Å². The van der Waals surface area contributed by atoms with Crippen LogP contribution in [0.4, 0.5) is 0 Å². The second-order valence-electron chi connectivity index (χ2n) is 3.60. The molecular formula is C11H14N4O. The van der Waals surface area contributed by atoms with Crippen LogP contribution in [0.5, 0.6) is 0 Å². The maximum Gasteiger partial charge on any atom is 0.230 e. The summed E-state index contributed by atoms with van der Waals surface area (Å²) in [4.78, 5) is 4.07. The van der Waals surface area contributed by atoms with E-state index in [0.29, 0.717) is 18.3 Å². The summed E-state index contributed by atoms with van der Waals surface area (Å²) in [5, 5.41) is 11.0. The second-order valence-corrected chi connectivity index (χ2v) is 3.60. The zero-order valence-corrected chi connectivity index (χ0v) is 9.34. The van der Waals surface area contributed by atoms with Crippen molar-refractivity contribution in [1.29, 1.82) is 0 Å². The van der Waals surface area contributed by atoms with Gasteiger partial charge in [-0.15, -0.1) is 10.2 Å². The Hall–Kier alpha value is -1.75. The first-order chi connectivity index (χ1) is 7.75. The normalized spacial score (nSPS) is 12.6. The molecule has 0 aromatic carbocycles. The van der Waals surface area contributed by atoms with Crippen molar-refractivity contribution in [3.63, 3.8) is 0 Å². The molecule has 5 heteroatoms. The number of hydrogen-bond acceptors (Lipinski definition) is 5. The maximum absolute atomic E-state index is 5.27. The van der Waals surface area contributed by atoms with E-state index in [1.165, 1.54) is 0 Å². The van der Waals surface area contributed by atoms with E-state index in [1.54, 1.807) is 13.1 Å². The minimum atomic E-state index is 0.209. The van der Waals surface area contributed by atoms with Gasteiger partial charge < -0.3 is 9.73 Å². The molecule has 0 saturated heterocycles. The molecule has 1 atom stereocenters. The molecule has 0 fully saturated rings. The summed E-state index contributed by atoms with van der Waals surface area (Å²) < 4.78 is 5.27. The Morgan fingerprint density at radius 1 is 1.44 bits per heavy atom. The van der Waals surface area contributed by atoms with E-state index in [4.69, 9.17) is 4.42 Å². The maximum atomic E-state index is 5.27. The molecule has 0 spiro atoms. The summed E-state index contributed by atoms with van der Waals surface area (Å²) in [5.41, 5.74) is 1.14. The predicted octanol–water partition coefficient (Wildman–Crippen LogP) is 1.62. The third kappa shape index (κ3) is 2.64. The van der Waals surface area contributed by atoms with E-state index < -0.39 is 0 Å². The minimum Gasteiger partial charge on any atom is -0.424 e. The third-order valence-corrected chi connectivity index (χ3v) is 2.31. The second kappa shape index (κ2) is 4.85. The molecule has 0 aliphatic rings. The van der Waals surface area contributed by atoms with Gasteiger partial charge in [-0.3, -0.25) is 4.98 Å². The average Bonchev–Trinajstić information content (AvgIpc) is 2.73. The van der Waals surface area contributed by atoms with Crippen molar-refractivity contribution in [2.45, 2.75) is 26.4 Å². The van der Waals surface area contributed by atoms with Crippen LogP contribution in [-0.4, -0.2) is 15.2 Å². The lowest BCUT2D eigenvalue weighted by Gasteiger charge is -2.11. The van der Waals surface area contributed by atoms with Gasteiger partial charge in [0.25, 0.3) is 0 Å². The highest BCUT2D eigenvalue weighted by atomic mass is 16.4. The van der Waals surface area contributed by atoms with Crippen LogP contribution in [0, 0.1) is 6.92 Å². The fraction of sp³-hybridized carbons (Fsp3) is 0.364. The molecule has 0 bridgehead atoms. The smallest absolute Gasteiger partial charge is 0.230 e. The molecular weight excluding hydrogens is 204 g/mol. The van der Waals surface area contributed by atoms with Crippen molar-refractivity contribution in [3.05, 3.63) is 41.9 Å². The topological polar surface area (TPSA) is 63.8 Å². The number of rotatable bonds is 4. The van der Waals surface area contributed by atoms with E-state index in [9.17, 15) is 0 Å². The van der Waals surface area contributed by atoms with E-state index in [-0.39, 0.29) is 6.04 Å². The molecule has 0 saturated carbocycles. The SMILES string of the molecule is Cc1nnc(CNC(C)c2cccnc2)o1. The fourth-order valence-electron chi connectivity index (χ4n) is 1.40. The van der Waals surface area contributed by atoms with Crippen LogP contribution in [0.3, 0.4) is 0 Å². The first kappa shape index (κ1) is 10.8. The number of pyridine rings is 1. The zero-order valence-electron chi connectivity index (χ0n) is 9.34. The standard InChI is InChI=1S/C11H14N4O/c1-8(10-4-3-5-12-6-10)13-7-11-15-14-9(2)16-11/h3-6,8,13H,7H2,1-2H3. The summed E-state index contributed by atoms with van der Waals surface area (Å²) in [5.74, 6) is 1.19. The Morgan fingerprint density at radius 3 is 2.94 bits per heavy atom. The summed E-state index contributed by atoms with van der Waals surface area (Å²) >= 11 is 0. The first-order valence-corrected chi connectivity index (χ1v) is 5.18. The fourth-order valence-corrected chi connectivity index (χ4v) is 1.40. The van der Waals surface area contributed by atoms with Gasteiger partial charge in [-0.1, -0.05) is 6.07 Å². The number of aromatic nitrogens is 3. The molecule has 0 radical (unpaired) electrons. The molecule has 2 heterocycles. The molecule has 16 heavy (non-hydrogen) atoms. The predicted molar refractivity (Wildman–Crippen MR) is 58.5 cm³/mol. The van der Waals surface area contributed by atoms with Gasteiger partial charge in [-0.2, -0.15) is 0 Å². The Labute approximate surface area is 93.9 Å². The summed E-state index contributed by atoms with van der Waals surface area (Å²) in [7, 11) is 0. The van der Waals surface area contributed by atoms with Crippen molar-refractivity contribution in [1.82, 2.24) is 20.5 Å². The van der Waals surface area contributed by atoms with Gasteiger partial charge >= 0.3 is 0 Å². The molecule has 1 unspecified atom stereocenters. The Morgan fingerprint density at radius 2 is 2.31 bits per heavy atom. The van der Waals surface area contributed by atoms with Gasteiger partial charge in [0.05, 0.1) is 6.54 Å². The van der Waals surface area contributed by atoms with Gasteiger partial charge in [-0.25, -0.2) is 0 Å². The van der Waals surface area contributed by atoms with E-state index in [1.807, 2.05) is 18.3 Å². The van der Waals surface area contributed by atoms with Crippen LogP contribution in [0.25, 0.3) is 0 Å². The summed E-state index contributed by atoms with van der Waals surface area (Å²) in [6.07, 6.45) is 3.61. The molecule has 0 aliphatic heterocycles. The molecule has 2 aromatic heterocycles.